The number of nitrogens with one attached hydrogen (secondary N) is 2. The summed E-state index contributed by atoms with van der Waals surface area (Å²) in [6.45, 7) is 6.04. The van der Waals surface area contributed by atoms with Crippen molar-refractivity contribution in [1.29, 1.82) is 0 Å². The van der Waals surface area contributed by atoms with Gasteiger partial charge in [0.15, 0.2) is 5.11 Å². The topological polar surface area (TPSA) is 36.4 Å². The van der Waals surface area contributed by atoms with Gasteiger partial charge in [-0.05, 0) is 55.4 Å². The first-order valence-electron chi connectivity index (χ1n) is 6.66. The summed E-state index contributed by atoms with van der Waals surface area (Å²) in [7, 11) is 0. The fourth-order valence-electron chi connectivity index (χ4n) is 1.91. The van der Waals surface area contributed by atoms with Crippen LogP contribution in [0, 0.1) is 0 Å². The summed E-state index contributed by atoms with van der Waals surface area (Å²) in [6.07, 6.45) is 0. The predicted molar refractivity (Wildman–Crippen MR) is 90.2 cm³/mol. The molecular formula is C16H19N3S. The molecule has 20 heavy (non-hydrogen) atoms. The first-order valence-corrected chi connectivity index (χ1v) is 7.07. The van der Waals surface area contributed by atoms with Crippen LogP contribution in [0.2, 0.25) is 0 Å². The number of benzene rings is 2. The Kier molecular flexibility index (Phi) is 4.69. The number of hydrogen-bond donors (Lipinski definition) is 2. The molecular weight excluding hydrogens is 266 g/mol. The van der Waals surface area contributed by atoms with Crippen LogP contribution in [0.4, 0.5) is 0 Å². The second-order valence-corrected chi connectivity index (χ2v) is 5.41. The van der Waals surface area contributed by atoms with Crippen molar-refractivity contribution in [1.82, 2.24) is 10.7 Å². The molecule has 0 heterocycles. The van der Waals surface area contributed by atoms with Gasteiger partial charge in [0.1, 0.15) is 0 Å². The highest BCUT2D eigenvalue weighted by Gasteiger charge is 2.01. The zero-order valence-corrected chi connectivity index (χ0v) is 12.8. The molecule has 0 spiro atoms. The largest absolute Gasteiger partial charge is 0.359 e. The molecule has 0 aliphatic carbocycles. The molecule has 4 heteroatoms. The molecule has 2 rings (SSSR count). The molecule has 0 aliphatic heterocycles. The summed E-state index contributed by atoms with van der Waals surface area (Å²) >= 11 is 5.15. The van der Waals surface area contributed by atoms with E-state index >= 15 is 0 Å². The zero-order valence-electron chi connectivity index (χ0n) is 12.0. The van der Waals surface area contributed by atoms with Gasteiger partial charge in [-0.1, -0.05) is 36.4 Å². The molecule has 0 saturated carbocycles. The van der Waals surface area contributed by atoms with E-state index in [4.69, 9.17) is 12.2 Å². The van der Waals surface area contributed by atoms with Gasteiger partial charge < -0.3 is 5.32 Å². The van der Waals surface area contributed by atoms with Gasteiger partial charge in [0.2, 0.25) is 0 Å². The van der Waals surface area contributed by atoms with E-state index in [2.05, 4.69) is 46.2 Å². The maximum atomic E-state index is 5.15. The van der Waals surface area contributed by atoms with E-state index in [9.17, 15) is 0 Å². The van der Waals surface area contributed by atoms with Crippen LogP contribution in [0.1, 0.15) is 26.3 Å². The van der Waals surface area contributed by atoms with Gasteiger partial charge in [0, 0.05) is 6.04 Å². The maximum absolute atomic E-state index is 5.15. The van der Waals surface area contributed by atoms with Gasteiger partial charge in [0.25, 0.3) is 0 Å². The second kappa shape index (κ2) is 6.48. The molecule has 2 aromatic carbocycles. The molecule has 104 valence electrons. The molecule has 0 bridgehead atoms. The summed E-state index contributed by atoms with van der Waals surface area (Å²) < 4.78 is 0. The maximum Gasteiger partial charge on any atom is 0.187 e. The Morgan fingerprint density at radius 1 is 1.10 bits per heavy atom. The van der Waals surface area contributed by atoms with Crippen molar-refractivity contribution < 1.29 is 0 Å². The highest BCUT2D eigenvalue weighted by Crippen LogP contribution is 2.16. The normalized spacial score (nSPS) is 11.7. The van der Waals surface area contributed by atoms with Crippen LogP contribution < -0.4 is 10.7 Å². The lowest BCUT2D eigenvalue weighted by atomic mass is 10.0. The van der Waals surface area contributed by atoms with Crippen molar-refractivity contribution in [3.63, 3.8) is 0 Å². The molecule has 0 atom stereocenters. The summed E-state index contributed by atoms with van der Waals surface area (Å²) in [5, 5.41) is 10.4. The first kappa shape index (κ1) is 14.5. The van der Waals surface area contributed by atoms with Gasteiger partial charge in [0.05, 0.1) is 5.71 Å². The Bertz CT molecular complexity index is 647. The van der Waals surface area contributed by atoms with Crippen LogP contribution in [0.3, 0.4) is 0 Å². The fraction of sp³-hybridized carbons (Fsp3) is 0.250. The van der Waals surface area contributed by atoms with E-state index in [1.54, 1.807) is 0 Å². The van der Waals surface area contributed by atoms with E-state index in [-0.39, 0.29) is 0 Å². The standard InChI is InChI=1S/C16H19N3S/c1-11(2)17-16(20)19-18-12(3)14-9-8-13-6-4-5-7-15(13)10-14/h4-11H,1-3H3,(H2,17,19,20). The summed E-state index contributed by atoms with van der Waals surface area (Å²) in [5.41, 5.74) is 4.86. The SMILES string of the molecule is CC(=NNC(=S)NC(C)C)c1ccc2ccccc2c1. The number of thiocarbonyl (C=S) groups is 1. The van der Waals surface area contributed by atoms with Crippen molar-refractivity contribution >= 4 is 33.8 Å². The third-order valence-electron chi connectivity index (χ3n) is 2.91. The van der Waals surface area contributed by atoms with Crippen molar-refractivity contribution in [2.24, 2.45) is 5.10 Å². The lowest BCUT2D eigenvalue weighted by Crippen LogP contribution is -2.37. The Balaban J connectivity index is 2.14. The predicted octanol–water partition coefficient (Wildman–Crippen LogP) is 3.44. The molecule has 0 aliphatic rings. The van der Waals surface area contributed by atoms with E-state index in [1.165, 1.54) is 10.8 Å². The summed E-state index contributed by atoms with van der Waals surface area (Å²) in [4.78, 5) is 0. The molecule has 2 aromatic rings. The average molecular weight is 285 g/mol. The molecule has 2 N–H and O–H groups in total. The van der Waals surface area contributed by atoms with Crippen LogP contribution in [0.25, 0.3) is 10.8 Å². The third-order valence-corrected chi connectivity index (χ3v) is 3.12. The first-order chi connectivity index (χ1) is 9.56. The van der Waals surface area contributed by atoms with E-state index in [1.807, 2.05) is 32.9 Å². The Morgan fingerprint density at radius 3 is 2.50 bits per heavy atom. The molecule has 0 radical (unpaired) electrons. The lowest BCUT2D eigenvalue weighted by molar-refractivity contribution is 0.719. The minimum atomic E-state index is 0.297. The van der Waals surface area contributed by atoms with Crippen LogP contribution in [0.15, 0.2) is 47.6 Å². The van der Waals surface area contributed by atoms with Gasteiger partial charge in [-0.3, -0.25) is 5.43 Å². The monoisotopic (exact) mass is 285 g/mol. The molecule has 0 unspecified atom stereocenters. The smallest absolute Gasteiger partial charge is 0.187 e. The van der Waals surface area contributed by atoms with E-state index in [0.29, 0.717) is 11.2 Å². The van der Waals surface area contributed by atoms with Crippen molar-refractivity contribution in [2.75, 3.05) is 0 Å². The molecule has 0 saturated heterocycles. The van der Waals surface area contributed by atoms with E-state index in [0.717, 1.165) is 11.3 Å². The minimum absolute atomic E-state index is 0.297. The second-order valence-electron chi connectivity index (χ2n) is 5.00. The number of hydrogen-bond acceptors (Lipinski definition) is 2. The molecule has 0 amide bonds. The summed E-state index contributed by atoms with van der Waals surface area (Å²) in [5.74, 6) is 0. The highest BCUT2D eigenvalue weighted by molar-refractivity contribution is 7.80. The van der Waals surface area contributed by atoms with Gasteiger partial charge in [-0.25, -0.2) is 0 Å². The Labute approximate surface area is 125 Å². The lowest BCUT2D eigenvalue weighted by Gasteiger charge is -2.10. The zero-order chi connectivity index (χ0) is 14.5. The Hall–Kier alpha value is -1.94. The van der Waals surface area contributed by atoms with Gasteiger partial charge >= 0.3 is 0 Å². The van der Waals surface area contributed by atoms with Crippen molar-refractivity contribution in [3.05, 3.63) is 48.0 Å². The quantitative estimate of drug-likeness (QED) is 0.515. The summed E-state index contributed by atoms with van der Waals surface area (Å²) in [6, 6.07) is 14.9. The molecule has 0 fully saturated rings. The van der Waals surface area contributed by atoms with Crippen LogP contribution >= 0.6 is 12.2 Å². The van der Waals surface area contributed by atoms with Crippen molar-refractivity contribution in [2.45, 2.75) is 26.8 Å². The van der Waals surface area contributed by atoms with Gasteiger partial charge in [-0.15, -0.1) is 0 Å². The fourth-order valence-corrected chi connectivity index (χ4v) is 2.19. The third kappa shape index (κ3) is 3.78. The number of hydrazone groups is 1. The van der Waals surface area contributed by atoms with Gasteiger partial charge in [-0.2, -0.15) is 5.10 Å². The number of nitrogens with zero attached hydrogens (tertiary/aromatic N) is 1. The highest BCUT2D eigenvalue weighted by atomic mass is 32.1. The van der Waals surface area contributed by atoms with Crippen LogP contribution in [-0.2, 0) is 0 Å². The number of rotatable bonds is 3. The van der Waals surface area contributed by atoms with Crippen LogP contribution in [-0.4, -0.2) is 16.9 Å². The van der Waals surface area contributed by atoms with E-state index < -0.39 is 0 Å². The average Bonchev–Trinajstić information content (AvgIpc) is 2.43. The van der Waals surface area contributed by atoms with Crippen LogP contribution in [0.5, 0.6) is 0 Å². The molecule has 3 nitrogen and oxygen atoms in total. The number of fused-ring (bicyclic) bond motifs is 1. The minimum Gasteiger partial charge on any atom is -0.359 e. The Morgan fingerprint density at radius 2 is 1.80 bits per heavy atom. The molecule has 0 aromatic heterocycles. The van der Waals surface area contributed by atoms with Crippen molar-refractivity contribution in [3.8, 4) is 0 Å².